The molecule has 2 bridgehead atoms. The molecule has 0 amide bonds. The maximum absolute atomic E-state index is 11.9. The third-order valence-corrected chi connectivity index (χ3v) is 6.13. The van der Waals surface area contributed by atoms with Crippen molar-refractivity contribution in [3.63, 3.8) is 0 Å². The Balaban J connectivity index is 0.000000284. The van der Waals surface area contributed by atoms with Gasteiger partial charge in [0.15, 0.2) is 0 Å². The summed E-state index contributed by atoms with van der Waals surface area (Å²) in [4.78, 5) is 11.9. The molecule has 5 nitrogen and oxygen atoms in total. The summed E-state index contributed by atoms with van der Waals surface area (Å²) >= 11 is 0. The standard InChI is InChI=1S/C10H16O4S.C3H7N/c1-9(2)7-3-4-10(9,8(11)5-7)6-15(12,13)14;1-2-4-3-1/h7H,3-6H2,1-2H3,(H,12,13,14);4H,1-3H2/t7-,10+;/m1./s1. The Kier molecular flexibility index (Phi) is 3.79. The number of fused-ring (bicyclic) bond motifs is 2. The van der Waals surface area contributed by atoms with Crippen LogP contribution in [0, 0.1) is 16.7 Å². The van der Waals surface area contributed by atoms with Gasteiger partial charge in [0, 0.05) is 6.42 Å². The lowest BCUT2D eigenvalue weighted by molar-refractivity contribution is -0.128. The summed E-state index contributed by atoms with van der Waals surface area (Å²) in [6.45, 7) is 6.39. The summed E-state index contributed by atoms with van der Waals surface area (Å²) in [7, 11) is -4.08. The van der Waals surface area contributed by atoms with Crippen LogP contribution in [0.15, 0.2) is 0 Å². The molecule has 2 N–H and O–H groups in total. The fourth-order valence-corrected chi connectivity index (χ4v) is 4.90. The van der Waals surface area contributed by atoms with Crippen molar-refractivity contribution in [2.75, 3.05) is 18.8 Å². The summed E-state index contributed by atoms with van der Waals surface area (Å²) in [6, 6.07) is 0. The number of ketones is 1. The number of hydrogen-bond acceptors (Lipinski definition) is 4. The van der Waals surface area contributed by atoms with Crippen molar-refractivity contribution in [1.82, 2.24) is 5.32 Å². The van der Waals surface area contributed by atoms with Gasteiger partial charge in [0.2, 0.25) is 0 Å². The van der Waals surface area contributed by atoms with E-state index >= 15 is 0 Å². The molecule has 0 aromatic rings. The highest BCUT2D eigenvalue weighted by Crippen LogP contribution is 2.64. The Morgan fingerprint density at radius 1 is 1.37 bits per heavy atom. The van der Waals surface area contributed by atoms with Gasteiger partial charge in [-0.1, -0.05) is 13.8 Å². The largest absolute Gasteiger partial charge is 0.317 e. The highest BCUT2D eigenvalue weighted by Gasteiger charge is 2.65. The zero-order valence-corrected chi connectivity index (χ0v) is 12.4. The zero-order valence-electron chi connectivity index (χ0n) is 11.6. The van der Waals surface area contributed by atoms with E-state index in [-0.39, 0.29) is 17.1 Å². The minimum Gasteiger partial charge on any atom is -0.317 e. The van der Waals surface area contributed by atoms with Gasteiger partial charge in [-0.15, -0.1) is 0 Å². The van der Waals surface area contributed by atoms with Gasteiger partial charge in [-0.25, -0.2) is 0 Å². The molecule has 0 aromatic carbocycles. The average molecular weight is 289 g/mol. The van der Waals surface area contributed by atoms with E-state index in [1.807, 2.05) is 13.8 Å². The Bertz CT molecular complexity index is 463. The molecule has 0 spiro atoms. The number of carbonyl (C=O) groups is 1. The Hall–Kier alpha value is -0.460. The molecule has 1 saturated heterocycles. The molecule has 3 rings (SSSR count). The molecule has 0 aromatic heterocycles. The van der Waals surface area contributed by atoms with E-state index in [2.05, 4.69) is 5.32 Å². The van der Waals surface area contributed by atoms with Crippen LogP contribution in [0.25, 0.3) is 0 Å². The maximum atomic E-state index is 11.9. The van der Waals surface area contributed by atoms with Crippen molar-refractivity contribution in [2.45, 2.75) is 39.5 Å². The molecule has 110 valence electrons. The summed E-state index contributed by atoms with van der Waals surface area (Å²) in [5, 5.41) is 3.11. The van der Waals surface area contributed by atoms with E-state index in [9.17, 15) is 13.2 Å². The predicted molar refractivity (Wildman–Crippen MR) is 72.5 cm³/mol. The second-order valence-corrected chi connectivity index (χ2v) is 7.95. The van der Waals surface area contributed by atoms with E-state index < -0.39 is 21.3 Å². The van der Waals surface area contributed by atoms with Gasteiger partial charge in [0.1, 0.15) is 5.78 Å². The van der Waals surface area contributed by atoms with E-state index in [1.54, 1.807) is 0 Å². The van der Waals surface area contributed by atoms with Crippen molar-refractivity contribution in [2.24, 2.45) is 16.7 Å². The average Bonchev–Trinajstić information content (AvgIpc) is 2.45. The molecule has 3 aliphatic rings. The SMILES string of the molecule is C1CNC1.CC1(C)[C@@H]2CC[C@]1(CS(=O)(=O)O)C(=O)C2. The van der Waals surface area contributed by atoms with Crippen LogP contribution in [0.2, 0.25) is 0 Å². The molecule has 6 heteroatoms. The van der Waals surface area contributed by atoms with Crippen molar-refractivity contribution in [3.05, 3.63) is 0 Å². The lowest BCUT2D eigenvalue weighted by Gasteiger charge is -2.35. The van der Waals surface area contributed by atoms with Crippen LogP contribution in [0.4, 0.5) is 0 Å². The van der Waals surface area contributed by atoms with Gasteiger partial charge >= 0.3 is 0 Å². The highest BCUT2D eigenvalue weighted by molar-refractivity contribution is 7.85. The molecule has 19 heavy (non-hydrogen) atoms. The number of hydrogen-bond donors (Lipinski definition) is 2. The molecule has 2 aliphatic carbocycles. The van der Waals surface area contributed by atoms with Crippen LogP contribution >= 0.6 is 0 Å². The molecule has 2 saturated carbocycles. The number of carbonyl (C=O) groups excluding carboxylic acids is 1. The van der Waals surface area contributed by atoms with Crippen molar-refractivity contribution < 1.29 is 17.8 Å². The van der Waals surface area contributed by atoms with Gasteiger partial charge in [-0.3, -0.25) is 9.35 Å². The first-order valence-electron chi connectivity index (χ1n) is 6.88. The van der Waals surface area contributed by atoms with Gasteiger partial charge in [-0.2, -0.15) is 8.42 Å². The summed E-state index contributed by atoms with van der Waals surface area (Å²) in [5.41, 5.74) is -1.12. The quantitative estimate of drug-likeness (QED) is 0.748. The first kappa shape index (κ1) is 14.9. The number of nitrogens with one attached hydrogen (secondary N) is 1. The monoisotopic (exact) mass is 289 g/mol. The molecular formula is C13H23NO4S. The lowest BCUT2D eigenvalue weighted by atomic mass is 9.70. The van der Waals surface area contributed by atoms with Crippen LogP contribution in [0.3, 0.4) is 0 Å². The van der Waals surface area contributed by atoms with Gasteiger partial charge < -0.3 is 5.32 Å². The summed E-state index contributed by atoms with van der Waals surface area (Å²) in [6.07, 6.45) is 3.36. The maximum Gasteiger partial charge on any atom is 0.265 e. The topological polar surface area (TPSA) is 83.5 Å². The highest BCUT2D eigenvalue weighted by atomic mass is 32.2. The molecule has 1 aliphatic heterocycles. The second kappa shape index (κ2) is 4.82. The van der Waals surface area contributed by atoms with Gasteiger partial charge in [-0.05, 0) is 43.7 Å². The Morgan fingerprint density at radius 3 is 2.16 bits per heavy atom. The first-order chi connectivity index (χ1) is 8.69. The minimum atomic E-state index is -4.08. The molecule has 1 heterocycles. The number of Topliss-reactive ketones (excluding diaryl/α,β-unsaturated/α-hetero) is 1. The fraction of sp³-hybridized carbons (Fsp3) is 0.923. The van der Waals surface area contributed by atoms with Crippen LogP contribution in [-0.2, 0) is 14.9 Å². The van der Waals surface area contributed by atoms with Crippen LogP contribution in [-0.4, -0.2) is 37.6 Å². The van der Waals surface area contributed by atoms with Crippen molar-refractivity contribution in [3.8, 4) is 0 Å². The molecule has 0 radical (unpaired) electrons. The normalized spacial score (nSPS) is 35.5. The predicted octanol–water partition coefficient (Wildman–Crippen LogP) is 1.25. The third-order valence-electron chi connectivity index (χ3n) is 5.28. The smallest absolute Gasteiger partial charge is 0.265 e. The molecule has 3 fully saturated rings. The van der Waals surface area contributed by atoms with Gasteiger partial charge in [0.25, 0.3) is 10.1 Å². The second-order valence-electron chi connectivity index (χ2n) is 6.50. The van der Waals surface area contributed by atoms with E-state index in [4.69, 9.17) is 4.55 Å². The Labute approximate surface area is 114 Å². The zero-order chi connectivity index (χ0) is 14.3. The third kappa shape index (κ3) is 2.58. The first-order valence-corrected chi connectivity index (χ1v) is 8.49. The van der Waals surface area contributed by atoms with E-state index in [0.29, 0.717) is 12.8 Å². The van der Waals surface area contributed by atoms with Crippen LogP contribution in [0.1, 0.15) is 39.5 Å². The molecule has 2 atom stereocenters. The molecular weight excluding hydrogens is 266 g/mol. The molecule has 0 unspecified atom stereocenters. The Morgan fingerprint density at radius 2 is 1.89 bits per heavy atom. The minimum absolute atomic E-state index is 0.0152. The van der Waals surface area contributed by atoms with E-state index in [0.717, 1.165) is 6.42 Å². The number of rotatable bonds is 2. The van der Waals surface area contributed by atoms with Gasteiger partial charge in [0.05, 0.1) is 11.2 Å². The summed E-state index contributed by atoms with van der Waals surface area (Å²) < 4.78 is 31.0. The van der Waals surface area contributed by atoms with Crippen molar-refractivity contribution >= 4 is 15.9 Å². The van der Waals surface area contributed by atoms with Crippen LogP contribution < -0.4 is 5.32 Å². The van der Waals surface area contributed by atoms with Crippen LogP contribution in [0.5, 0.6) is 0 Å². The fourth-order valence-electron chi connectivity index (χ4n) is 3.60. The summed E-state index contributed by atoms with van der Waals surface area (Å²) in [5.74, 6) is -0.101. The van der Waals surface area contributed by atoms with Crippen molar-refractivity contribution in [1.29, 1.82) is 0 Å². The lowest BCUT2D eigenvalue weighted by Crippen LogP contribution is -2.42. The van der Waals surface area contributed by atoms with E-state index in [1.165, 1.54) is 19.5 Å².